The van der Waals surface area contributed by atoms with Gasteiger partial charge in [0, 0.05) is 24.1 Å². The van der Waals surface area contributed by atoms with E-state index in [2.05, 4.69) is 4.98 Å². The molecule has 3 N–H and O–H groups in total. The Balaban J connectivity index is 1.94. The lowest BCUT2D eigenvalue weighted by atomic mass is 9.78. The average molecular weight is 250 g/mol. The van der Waals surface area contributed by atoms with Crippen molar-refractivity contribution < 1.29 is 8.78 Å². The van der Waals surface area contributed by atoms with E-state index in [-0.39, 0.29) is 12.8 Å². The molecule has 2 nitrogen and oxygen atoms in total. The van der Waals surface area contributed by atoms with Crippen molar-refractivity contribution in [2.45, 2.75) is 37.1 Å². The number of nitrogens with two attached hydrogens (primary N) is 1. The lowest BCUT2D eigenvalue weighted by molar-refractivity contribution is -0.0518. The molecule has 0 amide bonds. The lowest BCUT2D eigenvalue weighted by Crippen LogP contribution is -2.43. The number of nitrogens with one attached hydrogen (secondary N) is 1. The second kappa shape index (κ2) is 3.79. The molecule has 1 aliphatic carbocycles. The van der Waals surface area contributed by atoms with Gasteiger partial charge in [-0.15, -0.1) is 0 Å². The number of benzene rings is 1. The SMILES string of the molecule is NC1(c2cc3ccccc3[nH]2)CCC(F)(F)CC1. The van der Waals surface area contributed by atoms with E-state index in [9.17, 15) is 8.78 Å². The second-order valence-corrected chi connectivity index (χ2v) is 5.28. The monoisotopic (exact) mass is 250 g/mol. The molecule has 1 saturated carbocycles. The molecule has 18 heavy (non-hydrogen) atoms. The van der Waals surface area contributed by atoms with Gasteiger partial charge in [-0.2, -0.15) is 0 Å². The summed E-state index contributed by atoms with van der Waals surface area (Å²) >= 11 is 0. The molecule has 0 saturated heterocycles. The summed E-state index contributed by atoms with van der Waals surface area (Å²) in [6.45, 7) is 0. The van der Waals surface area contributed by atoms with Crippen molar-refractivity contribution in [1.82, 2.24) is 4.98 Å². The van der Waals surface area contributed by atoms with E-state index in [4.69, 9.17) is 5.73 Å². The van der Waals surface area contributed by atoms with Gasteiger partial charge >= 0.3 is 0 Å². The molecule has 1 aromatic heterocycles. The van der Waals surface area contributed by atoms with Crippen molar-refractivity contribution >= 4 is 10.9 Å². The normalized spacial score (nSPS) is 22.2. The standard InChI is InChI=1S/C14H16F2N2/c15-14(16)7-5-13(17,6-8-14)12-9-10-3-1-2-4-11(10)18-12/h1-4,9,18H,5-8,17H2. The molecule has 1 aromatic carbocycles. The van der Waals surface area contributed by atoms with Crippen molar-refractivity contribution in [2.75, 3.05) is 0 Å². The van der Waals surface area contributed by atoms with Gasteiger partial charge in [0.2, 0.25) is 5.92 Å². The van der Waals surface area contributed by atoms with Crippen LogP contribution < -0.4 is 5.73 Å². The van der Waals surface area contributed by atoms with Crippen LogP contribution in [0.25, 0.3) is 10.9 Å². The van der Waals surface area contributed by atoms with Crippen molar-refractivity contribution in [1.29, 1.82) is 0 Å². The minimum absolute atomic E-state index is 0.126. The van der Waals surface area contributed by atoms with Gasteiger partial charge < -0.3 is 10.7 Å². The predicted molar refractivity (Wildman–Crippen MR) is 67.6 cm³/mol. The number of para-hydroxylation sites is 1. The van der Waals surface area contributed by atoms with Gasteiger partial charge in [0.15, 0.2) is 0 Å². The first-order valence-electron chi connectivity index (χ1n) is 6.24. The minimum atomic E-state index is -2.55. The Morgan fingerprint density at radius 1 is 1.06 bits per heavy atom. The van der Waals surface area contributed by atoms with Gasteiger partial charge in [0.25, 0.3) is 0 Å². The largest absolute Gasteiger partial charge is 0.357 e. The molecule has 0 unspecified atom stereocenters. The van der Waals surface area contributed by atoms with Crippen LogP contribution in [0.5, 0.6) is 0 Å². The molecule has 0 aliphatic heterocycles. The summed E-state index contributed by atoms with van der Waals surface area (Å²) in [5, 5.41) is 1.08. The highest BCUT2D eigenvalue weighted by Crippen LogP contribution is 2.42. The molecule has 0 atom stereocenters. The van der Waals surface area contributed by atoms with Crippen molar-refractivity contribution in [3.05, 3.63) is 36.0 Å². The Bertz CT molecular complexity index is 531. The Morgan fingerprint density at radius 2 is 1.72 bits per heavy atom. The van der Waals surface area contributed by atoms with Gasteiger partial charge in [0.1, 0.15) is 0 Å². The summed E-state index contributed by atoms with van der Waals surface area (Å²) in [7, 11) is 0. The molecule has 1 aliphatic rings. The first-order chi connectivity index (χ1) is 8.49. The summed E-state index contributed by atoms with van der Waals surface area (Å²) in [4.78, 5) is 3.26. The van der Waals surface area contributed by atoms with Gasteiger partial charge in [-0.1, -0.05) is 18.2 Å². The molecule has 4 heteroatoms. The third-order valence-electron chi connectivity index (χ3n) is 3.94. The van der Waals surface area contributed by atoms with Crippen molar-refractivity contribution in [2.24, 2.45) is 5.73 Å². The second-order valence-electron chi connectivity index (χ2n) is 5.28. The number of hydrogen-bond donors (Lipinski definition) is 2. The predicted octanol–water partition coefficient (Wildman–Crippen LogP) is 3.53. The van der Waals surface area contributed by atoms with Crippen LogP contribution in [0, 0.1) is 0 Å². The maximum absolute atomic E-state index is 13.2. The topological polar surface area (TPSA) is 41.8 Å². The number of rotatable bonds is 1. The van der Waals surface area contributed by atoms with E-state index in [1.807, 2.05) is 30.3 Å². The molecular formula is C14H16F2N2. The number of hydrogen-bond acceptors (Lipinski definition) is 1. The van der Waals surface area contributed by atoms with Crippen LogP contribution in [0.2, 0.25) is 0 Å². The molecule has 0 radical (unpaired) electrons. The highest BCUT2D eigenvalue weighted by molar-refractivity contribution is 5.80. The zero-order valence-electron chi connectivity index (χ0n) is 10.0. The molecule has 96 valence electrons. The Labute approximate surface area is 104 Å². The number of H-pyrrole nitrogens is 1. The highest BCUT2D eigenvalue weighted by Gasteiger charge is 2.42. The van der Waals surface area contributed by atoms with Gasteiger partial charge in [-0.25, -0.2) is 8.78 Å². The fourth-order valence-corrected chi connectivity index (χ4v) is 2.67. The third-order valence-corrected chi connectivity index (χ3v) is 3.94. The molecule has 0 spiro atoms. The van der Waals surface area contributed by atoms with E-state index in [1.54, 1.807) is 0 Å². The van der Waals surface area contributed by atoms with Gasteiger partial charge in [-0.05, 0) is 30.4 Å². The Hall–Kier alpha value is -1.42. The van der Waals surface area contributed by atoms with Crippen LogP contribution in [0.1, 0.15) is 31.4 Å². The molecule has 1 heterocycles. The summed E-state index contributed by atoms with van der Waals surface area (Å²) in [5.74, 6) is -2.55. The number of halogens is 2. The highest BCUT2D eigenvalue weighted by atomic mass is 19.3. The molecule has 3 rings (SSSR count). The third kappa shape index (κ3) is 1.90. The zero-order chi connectivity index (χ0) is 12.8. The average Bonchev–Trinajstić information content (AvgIpc) is 2.78. The van der Waals surface area contributed by atoms with E-state index in [0.29, 0.717) is 12.8 Å². The van der Waals surface area contributed by atoms with Crippen LogP contribution >= 0.6 is 0 Å². The smallest absolute Gasteiger partial charge is 0.248 e. The Morgan fingerprint density at radius 3 is 2.39 bits per heavy atom. The summed E-state index contributed by atoms with van der Waals surface area (Å²) < 4.78 is 26.4. The van der Waals surface area contributed by atoms with Crippen LogP contribution in [-0.4, -0.2) is 10.9 Å². The summed E-state index contributed by atoms with van der Waals surface area (Å²) in [5.41, 5.74) is 7.55. The number of alkyl halides is 2. The quantitative estimate of drug-likeness (QED) is 0.798. The van der Waals surface area contributed by atoms with E-state index < -0.39 is 11.5 Å². The summed E-state index contributed by atoms with van der Waals surface area (Å²) in [6, 6.07) is 9.85. The molecule has 0 bridgehead atoms. The van der Waals surface area contributed by atoms with Crippen molar-refractivity contribution in [3.63, 3.8) is 0 Å². The number of fused-ring (bicyclic) bond motifs is 1. The maximum atomic E-state index is 13.2. The number of aromatic nitrogens is 1. The van der Waals surface area contributed by atoms with Gasteiger partial charge in [-0.3, -0.25) is 0 Å². The van der Waals surface area contributed by atoms with Crippen molar-refractivity contribution in [3.8, 4) is 0 Å². The van der Waals surface area contributed by atoms with E-state index in [1.165, 1.54) is 0 Å². The van der Waals surface area contributed by atoms with Crippen LogP contribution in [0.3, 0.4) is 0 Å². The molecular weight excluding hydrogens is 234 g/mol. The molecule has 2 aromatic rings. The van der Waals surface area contributed by atoms with E-state index >= 15 is 0 Å². The first-order valence-corrected chi connectivity index (χ1v) is 6.24. The zero-order valence-corrected chi connectivity index (χ0v) is 10.0. The van der Waals surface area contributed by atoms with Crippen LogP contribution in [0.4, 0.5) is 8.78 Å². The molecule has 1 fully saturated rings. The Kier molecular flexibility index (Phi) is 2.45. The van der Waals surface area contributed by atoms with Crippen LogP contribution in [-0.2, 0) is 5.54 Å². The van der Waals surface area contributed by atoms with Crippen LogP contribution in [0.15, 0.2) is 30.3 Å². The fourth-order valence-electron chi connectivity index (χ4n) is 2.67. The van der Waals surface area contributed by atoms with Gasteiger partial charge in [0.05, 0.1) is 5.54 Å². The first kappa shape index (κ1) is 11.7. The van der Waals surface area contributed by atoms with E-state index in [0.717, 1.165) is 16.6 Å². The fraction of sp³-hybridized carbons (Fsp3) is 0.429. The summed E-state index contributed by atoms with van der Waals surface area (Å²) in [6.07, 6.45) is 0.400. The lowest BCUT2D eigenvalue weighted by Gasteiger charge is -2.36. The minimum Gasteiger partial charge on any atom is -0.357 e. The maximum Gasteiger partial charge on any atom is 0.248 e. The number of aromatic amines is 1.